The number of nitrogens with two attached hydrogens (primary N) is 1. The second-order valence-corrected chi connectivity index (χ2v) is 7.13. The molecule has 6 nitrogen and oxygen atoms in total. The first-order chi connectivity index (χ1) is 9.43. The van der Waals surface area contributed by atoms with Crippen LogP contribution in [0, 0.1) is 0 Å². The molecular weight excluding hydrogens is 280 g/mol. The van der Waals surface area contributed by atoms with Crippen LogP contribution in [-0.4, -0.2) is 55.0 Å². The quantitative estimate of drug-likeness (QED) is 0.755. The van der Waals surface area contributed by atoms with Crippen LogP contribution in [0.25, 0.3) is 0 Å². The Kier molecular flexibility index (Phi) is 4.29. The van der Waals surface area contributed by atoms with Crippen molar-refractivity contribution in [3.05, 3.63) is 29.8 Å². The normalized spacial score (nSPS) is 20.8. The lowest BCUT2D eigenvalue weighted by Crippen LogP contribution is -2.42. The Morgan fingerprint density at radius 2 is 2.20 bits per heavy atom. The van der Waals surface area contributed by atoms with E-state index in [4.69, 9.17) is 10.8 Å². The zero-order valence-corrected chi connectivity index (χ0v) is 11.8. The van der Waals surface area contributed by atoms with Gasteiger partial charge in [0.05, 0.1) is 18.1 Å². The zero-order valence-electron chi connectivity index (χ0n) is 11.0. The minimum absolute atomic E-state index is 0.0406. The van der Waals surface area contributed by atoms with E-state index in [-0.39, 0.29) is 36.6 Å². The fourth-order valence-electron chi connectivity index (χ4n) is 2.42. The number of aliphatic hydroxyl groups excluding tert-OH is 1. The molecule has 7 heteroatoms. The Bertz CT molecular complexity index is 600. The van der Waals surface area contributed by atoms with Crippen molar-refractivity contribution in [2.75, 3.05) is 30.4 Å². The van der Waals surface area contributed by atoms with Crippen molar-refractivity contribution in [3.63, 3.8) is 0 Å². The van der Waals surface area contributed by atoms with Gasteiger partial charge in [-0.3, -0.25) is 4.79 Å². The molecule has 1 saturated heterocycles. The second-order valence-electron chi connectivity index (χ2n) is 4.90. The Labute approximate surface area is 118 Å². The summed E-state index contributed by atoms with van der Waals surface area (Å²) < 4.78 is 23.1. The molecule has 0 bridgehead atoms. The SMILES string of the molecule is Nc1cccc(C(=O)N(CCO)C2CCS(=O)(=O)C2)c1. The number of carbonyl (C=O) groups excluding carboxylic acids is 1. The van der Waals surface area contributed by atoms with Crippen LogP contribution in [0.3, 0.4) is 0 Å². The lowest BCUT2D eigenvalue weighted by molar-refractivity contribution is 0.0655. The first-order valence-corrected chi connectivity index (χ1v) is 8.23. The largest absolute Gasteiger partial charge is 0.399 e. The number of nitrogen functional groups attached to an aromatic ring is 1. The monoisotopic (exact) mass is 298 g/mol. The van der Waals surface area contributed by atoms with Gasteiger partial charge in [-0.1, -0.05) is 6.07 Å². The third-order valence-corrected chi connectivity index (χ3v) is 5.13. The van der Waals surface area contributed by atoms with Crippen LogP contribution in [0.5, 0.6) is 0 Å². The van der Waals surface area contributed by atoms with Crippen molar-refractivity contribution in [2.45, 2.75) is 12.5 Å². The van der Waals surface area contributed by atoms with Gasteiger partial charge in [-0.25, -0.2) is 8.42 Å². The molecule has 1 amide bonds. The molecule has 20 heavy (non-hydrogen) atoms. The fourth-order valence-corrected chi connectivity index (χ4v) is 4.15. The number of amides is 1. The van der Waals surface area contributed by atoms with Gasteiger partial charge in [-0.2, -0.15) is 0 Å². The van der Waals surface area contributed by atoms with Gasteiger partial charge < -0.3 is 15.7 Å². The molecule has 3 N–H and O–H groups in total. The lowest BCUT2D eigenvalue weighted by Gasteiger charge is -2.27. The van der Waals surface area contributed by atoms with Crippen molar-refractivity contribution in [2.24, 2.45) is 0 Å². The number of anilines is 1. The average molecular weight is 298 g/mol. The van der Waals surface area contributed by atoms with Crippen molar-refractivity contribution in [3.8, 4) is 0 Å². The van der Waals surface area contributed by atoms with Crippen LogP contribution in [0.15, 0.2) is 24.3 Å². The van der Waals surface area contributed by atoms with Crippen LogP contribution in [0.2, 0.25) is 0 Å². The van der Waals surface area contributed by atoms with Gasteiger partial charge in [0, 0.05) is 23.8 Å². The number of nitrogens with zero attached hydrogens (tertiary/aromatic N) is 1. The van der Waals surface area contributed by atoms with Crippen molar-refractivity contribution in [1.29, 1.82) is 0 Å². The Hall–Kier alpha value is -1.60. The summed E-state index contributed by atoms with van der Waals surface area (Å²) >= 11 is 0. The predicted molar refractivity (Wildman–Crippen MR) is 76.0 cm³/mol. The average Bonchev–Trinajstić information content (AvgIpc) is 2.75. The molecule has 1 aromatic carbocycles. The molecule has 110 valence electrons. The van der Waals surface area contributed by atoms with E-state index in [1.165, 1.54) is 4.90 Å². The van der Waals surface area contributed by atoms with Crippen LogP contribution in [0.1, 0.15) is 16.8 Å². The maximum Gasteiger partial charge on any atom is 0.254 e. The summed E-state index contributed by atoms with van der Waals surface area (Å²) in [4.78, 5) is 13.9. The Morgan fingerprint density at radius 3 is 2.75 bits per heavy atom. The summed E-state index contributed by atoms with van der Waals surface area (Å²) in [7, 11) is -3.08. The van der Waals surface area contributed by atoms with E-state index in [9.17, 15) is 13.2 Å². The van der Waals surface area contributed by atoms with E-state index in [1.807, 2.05) is 0 Å². The summed E-state index contributed by atoms with van der Waals surface area (Å²) in [5.74, 6) is -0.251. The van der Waals surface area contributed by atoms with Crippen molar-refractivity contribution < 1.29 is 18.3 Å². The third kappa shape index (κ3) is 3.29. The molecular formula is C13H18N2O4S. The number of rotatable bonds is 4. The smallest absolute Gasteiger partial charge is 0.254 e. The number of sulfone groups is 1. The van der Waals surface area contributed by atoms with E-state index < -0.39 is 9.84 Å². The van der Waals surface area contributed by atoms with Gasteiger partial charge in [-0.05, 0) is 24.6 Å². The summed E-state index contributed by atoms with van der Waals surface area (Å²) in [6, 6.07) is 6.15. The molecule has 1 heterocycles. The van der Waals surface area contributed by atoms with Crippen molar-refractivity contribution >= 4 is 21.4 Å². The number of aliphatic hydroxyl groups is 1. The summed E-state index contributed by atoms with van der Waals surface area (Å²) in [5, 5.41) is 9.11. The zero-order chi connectivity index (χ0) is 14.8. The lowest BCUT2D eigenvalue weighted by atomic mass is 10.1. The highest BCUT2D eigenvalue weighted by atomic mass is 32.2. The fraction of sp³-hybridized carbons (Fsp3) is 0.462. The van der Waals surface area contributed by atoms with E-state index in [0.717, 1.165) is 0 Å². The molecule has 0 aromatic heterocycles. The summed E-state index contributed by atoms with van der Waals surface area (Å²) in [6.07, 6.45) is 0.413. The van der Waals surface area contributed by atoms with E-state index in [1.54, 1.807) is 24.3 Å². The molecule has 1 unspecified atom stereocenters. The molecule has 0 saturated carbocycles. The van der Waals surface area contributed by atoms with Crippen LogP contribution < -0.4 is 5.73 Å². The van der Waals surface area contributed by atoms with Crippen LogP contribution >= 0.6 is 0 Å². The van der Waals surface area contributed by atoms with E-state index in [2.05, 4.69) is 0 Å². The van der Waals surface area contributed by atoms with Gasteiger partial charge in [0.15, 0.2) is 9.84 Å². The number of benzene rings is 1. The molecule has 1 fully saturated rings. The minimum Gasteiger partial charge on any atom is -0.399 e. The van der Waals surface area contributed by atoms with Crippen LogP contribution in [0.4, 0.5) is 5.69 Å². The van der Waals surface area contributed by atoms with Crippen molar-refractivity contribution in [1.82, 2.24) is 4.90 Å². The highest BCUT2D eigenvalue weighted by Crippen LogP contribution is 2.20. The number of hydrogen-bond acceptors (Lipinski definition) is 5. The molecule has 1 aliphatic rings. The highest BCUT2D eigenvalue weighted by molar-refractivity contribution is 7.91. The molecule has 1 aromatic rings. The van der Waals surface area contributed by atoms with Gasteiger partial charge in [0.25, 0.3) is 5.91 Å². The maximum atomic E-state index is 12.4. The second kappa shape index (κ2) is 5.80. The van der Waals surface area contributed by atoms with E-state index in [0.29, 0.717) is 17.7 Å². The first kappa shape index (κ1) is 14.8. The maximum absolute atomic E-state index is 12.4. The van der Waals surface area contributed by atoms with Gasteiger partial charge >= 0.3 is 0 Å². The standard InChI is InChI=1S/C13H18N2O4S/c14-11-3-1-2-10(8-11)13(17)15(5-6-16)12-4-7-20(18,19)9-12/h1-3,8,12,16H,4-7,9,14H2. The summed E-state index contributed by atoms with van der Waals surface area (Å²) in [6.45, 7) is -0.0849. The van der Waals surface area contributed by atoms with Crippen LogP contribution in [-0.2, 0) is 9.84 Å². The molecule has 0 radical (unpaired) electrons. The van der Waals surface area contributed by atoms with Gasteiger partial charge in [0.1, 0.15) is 0 Å². The number of carbonyl (C=O) groups is 1. The minimum atomic E-state index is -3.08. The predicted octanol–water partition coefficient (Wildman–Crippen LogP) is -0.110. The Balaban J connectivity index is 2.22. The topological polar surface area (TPSA) is 101 Å². The van der Waals surface area contributed by atoms with Gasteiger partial charge in [-0.15, -0.1) is 0 Å². The molecule has 0 aliphatic carbocycles. The molecule has 1 atom stereocenters. The Morgan fingerprint density at radius 1 is 1.45 bits per heavy atom. The first-order valence-electron chi connectivity index (χ1n) is 6.41. The molecule has 0 spiro atoms. The van der Waals surface area contributed by atoms with E-state index >= 15 is 0 Å². The van der Waals surface area contributed by atoms with Gasteiger partial charge in [0.2, 0.25) is 0 Å². The molecule has 1 aliphatic heterocycles. The highest BCUT2D eigenvalue weighted by Gasteiger charge is 2.34. The molecule has 2 rings (SSSR count). The number of hydrogen-bond donors (Lipinski definition) is 2. The third-order valence-electron chi connectivity index (χ3n) is 3.38. The summed E-state index contributed by atoms with van der Waals surface area (Å²) in [5.41, 5.74) is 6.53.